The maximum atomic E-state index is 10.8. The first-order valence-electron chi connectivity index (χ1n) is 9.02. The second-order valence-corrected chi connectivity index (χ2v) is 8.36. The normalized spacial score (nSPS) is 14.9. The number of rotatable bonds is 15. The fourth-order valence-electron chi connectivity index (χ4n) is 2.68. The standard InChI is InChI=1S/C17H36O4S/c1-3-13-17(18)15-12-10-8-6-4-5-7-9-11-14-16(2)22(19,20)21/h16-18H,3-15H2,1-2H3,(H,19,20,21). The summed E-state index contributed by atoms with van der Waals surface area (Å²) < 4.78 is 30.5. The number of unbranched alkanes of at least 4 members (excludes halogenated alkanes) is 8. The molecule has 0 heterocycles. The van der Waals surface area contributed by atoms with Gasteiger partial charge < -0.3 is 5.11 Å². The van der Waals surface area contributed by atoms with Crippen LogP contribution in [0.25, 0.3) is 0 Å². The van der Waals surface area contributed by atoms with Crippen LogP contribution in [0, 0.1) is 0 Å². The van der Waals surface area contributed by atoms with Crippen molar-refractivity contribution >= 4 is 10.1 Å². The van der Waals surface area contributed by atoms with Crippen LogP contribution in [-0.4, -0.2) is 29.4 Å². The van der Waals surface area contributed by atoms with Crippen molar-refractivity contribution in [3.8, 4) is 0 Å². The van der Waals surface area contributed by atoms with Crippen LogP contribution >= 0.6 is 0 Å². The Bertz CT molecular complexity index is 341. The Morgan fingerprint density at radius 3 is 1.59 bits per heavy atom. The van der Waals surface area contributed by atoms with Crippen LogP contribution in [0.3, 0.4) is 0 Å². The molecule has 22 heavy (non-hydrogen) atoms. The molecule has 0 amide bonds. The zero-order chi connectivity index (χ0) is 16.8. The summed E-state index contributed by atoms with van der Waals surface area (Å²) in [5.41, 5.74) is 0. The summed E-state index contributed by atoms with van der Waals surface area (Å²) in [5.74, 6) is 0. The van der Waals surface area contributed by atoms with Crippen LogP contribution in [0.1, 0.15) is 97.3 Å². The maximum absolute atomic E-state index is 10.8. The topological polar surface area (TPSA) is 74.6 Å². The number of hydrogen-bond acceptors (Lipinski definition) is 3. The van der Waals surface area contributed by atoms with Crippen LogP contribution < -0.4 is 0 Å². The van der Waals surface area contributed by atoms with Crippen molar-refractivity contribution in [3.05, 3.63) is 0 Å². The molecule has 134 valence electrons. The van der Waals surface area contributed by atoms with Gasteiger partial charge in [-0.15, -0.1) is 0 Å². The van der Waals surface area contributed by atoms with Gasteiger partial charge >= 0.3 is 0 Å². The Morgan fingerprint density at radius 1 is 0.773 bits per heavy atom. The highest BCUT2D eigenvalue weighted by Gasteiger charge is 2.15. The van der Waals surface area contributed by atoms with Gasteiger partial charge in [0.05, 0.1) is 11.4 Å². The van der Waals surface area contributed by atoms with E-state index in [0.29, 0.717) is 6.42 Å². The van der Waals surface area contributed by atoms with Crippen molar-refractivity contribution in [3.63, 3.8) is 0 Å². The van der Waals surface area contributed by atoms with E-state index in [1.165, 1.54) is 32.1 Å². The third-order valence-corrected chi connectivity index (χ3v) is 5.53. The van der Waals surface area contributed by atoms with E-state index >= 15 is 0 Å². The van der Waals surface area contributed by atoms with E-state index < -0.39 is 15.4 Å². The first-order valence-corrected chi connectivity index (χ1v) is 10.5. The summed E-state index contributed by atoms with van der Waals surface area (Å²) in [5, 5.41) is 8.98. The van der Waals surface area contributed by atoms with E-state index in [2.05, 4.69) is 6.92 Å². The van der Waals surface area contributed by atoms with Crippen LogP contribution in [0.5, 0.6) is 0 Å². The van der Waals surface area contributed by atoms with E-state index in [9.17, 15) is 13.5 Å². The molecule has 0 aliphatic carbocycles. The highest BCUT2D eigenvalue weighted by Crippen LogP contribution is 2.14. The fourth-order valence-corrected chi connectivity index (χ4v) is 3.14. The molecule has 0 radical (unpaired) electrons. The molecule has 0 aliphatic heterocycles. The summed E-state index contributed by atoms with van der Waals surface area (Å²) >= 11 is 0. The van der Waals surface area contributed by atoms with Crippen LogP contribution in [-0.2, 0) is 10.1 Å². The fraction of sp³-hybridized carbons (Fsp3) is 1.00. The average Bonchev–Trinajstić information content (AvgIpc) is 2.43. The Balaban J connectivity index is 3.24. The highest BCUT2D eigenvalue weighted by molar-refractivity contribution is 7.86. The predicted molar refractivity (Wildman–Crippen MR) is 92.7 cm³/mol. The highest BCUT2D eigenvalue weighted by atomic mass is 32.2. The van der Waals surface area contributed by atoms with Crippen molar-refractivity contribution in [1.82, 2.24) is 0 Å². The lowest BCUT2D eigenvalue weighted by atomic mass is 10.0. The number of hydrogen-bond donors (Lipinski definition) is 2. The molecule has 2 atom stereocenters. The van der Waals surface area contributed by atoms with Gasteiger partial charge in [-0.25, -0.2) is 0 Å². The minimum atomic E-state index is -3.84. The molecule has 4 nitrogen and oxygen atoms in total. The van der Waals surface area contributed by atoms with Crippen molar-refractivity contribution in [1.29, 1.82) is 0 Å². The molecule has 2 N–H and O–H groups in total. The second kappa shape index (κ2) is 13.3. The van der Waals surface area contributed by atoms with Gasteiger partial charge in [0.2, 0.25) is 0 Å². The van der Waals surface area contributed by atoms with Gasteiger partial charge in [0.1, 0.15) is 0 Å². The Labute approximate surface area is 137 Å². The molecule has 2 unspecified atom stereocenters. The molecule has 0 rings (SSSR count). The van der Waals surface area contributed by atoms with Gasteiger partial charge in [-0.1, -0.05) is 71.1 Å². The molecular weight excluding hydrogens is 300 g/mol. The third-order valence-electron chi connectivity index (χ3n) is 4.28. The number of aliphatic hydroxyl groups is 1. The molecule has 0 saturated carbocycles. The lowest BCUT2D eigenvalue weighted by Gasteiger charge is -2.08. The second-order valence-electron chi connectivity index (χ2n) is 6.53. The molecule has 0 bridgehead atoms. The van der Waals surface area contributed by atoms with Gasteiger partial charge in [-0.2, -0.15) is 8.42 Å². The molecule has 0 aromatic rings. The van der Waals surface area contributed by atoms with Gasteiger partial charge in [-0.05, 0) is 26.2 Å². The van der Waals surface area contributed by atoms with Gasteiger partial charge in [0.15, 0.2) is 0 Å². The zero-order valence-electron chi connectivity index (χ0n) is 14.5. The van der Waals surface area contributed by atoms with E-state index in [4.69, 9.17) is 4.55 Å². The van der Waals surface area contributed by atoms with Crippen molar-refractivity contribution in [2.75, 3.05) is 0 Å². The summed E-state index contributed by atoms with van der Waals surface area (Å²) in [4.78, 5) is 0. The minimum Gasteiger partial charge on any atom is -0.393 e. The van der Waals surface area contributed by atoms with E-state index in [0.717, 1.165) is 44.9 Å². The lowest BCUT2D eigenvalue weighted by Crippen LogP contribution is -2.16. The maximum Gasteiger partial charge on any atom is 0.267 e. The van der Waals surface area contributed by atoms with E-state index in [1.807, 2.05) is 0 Å². The monoisotopic (exact) mass is 336 g/mol. The molecule has 0 aromatic heterocycles. The Kier molecular flexibility index (Phi) is 13.2. The molecule has 0 aliphatic rings. The Morgan fingerprint density at radius 2 is 1.18 bits per heavy atom. The average molecular weight is 337 g/mol. The van der Waals surface area contributed by atoms with Crippen LogP contribution in [0.2, 0.25) is 0 Å². The SMILES string of the molecule is CCCC(O)CCCCCCCCCCCC(C)S(=O)(=O)O. The quantitative estimate of drug-likeness (QED) is 0.335. The Hall–Kier alpha value is -0.130. The number of aliphatic hydroxyl groups excluding tert-OH is 1. The zero-order valence-corrected chi connectivity index (χ0v) is 15.3. The molecule has 0 spiro atoms. The molecule has 0 fully saturated rings. The van der Waals surface area contributed by atoms with Crippen LogP contribution in [0.4, 0.5) is 0 Å². The first-order chi connectivity index (χ1) is 10.4. The predicted octanol–water partition coefficient (Wildman–Crippen LogP) is 4.71. The molecule has 5 heteroatoms. The van der Waals surface area contributed by atoms with Crippen molar-refractivity contribution < 1.29 is 18.1 Å². The summed E-state index contributed by atoms with van der Waals surface area (Å²) in [6, 6.07) is 0. The van der Waals surface area contributed by atoms with Gasteiger partial charge in [0, 0.05) is 0 Å². The van der Waals surface area contributed by atoms with Crippen LogP contribution in [0.15, 0.2) is 0 Å². The van der Waals surface area contributed by atoms with E-state index in [-0.39, 0.29) is 6.10 Å². The van der Waals surface area contributed by atoms with Gasteiger partial charge in [0.25, 0.3) is 10.1 Å². The molecule has 0 saturated heterocycles. The molecule has 0 aromatic carbocycles. The smallest absolute Gasteiger partial charge is 0.267 e. The summed E-state index contributed by atoms with van der Waals surface area (Å²) in [6.45, 7) is 3.67. The minimum absolute atomic E-state index is 0.102. The van der Waals surface area contributed by atoms with E-state index in [1.54, 1.807) is 6.92 Å². The largest absolute Gasteiger partial charge is 0.393 e. The first kappa shape index (κ1) is 21.9. The van der Waals surface area contributed by atoms with Gasteiger partial charge in [-0.3, -0.25) is 4.55 Å². The third kappa shape index (κ3) is 13.5. The summed E-state index contributed by atoms with van der Waals surface area (Å²) in [6.07, 6.45) is 13.7. The van der Waals surface area contributed by atoms with Crippen molar-refractivity contribution in [2.45, 2.75) is 109 Å². The molecular formula is C17H36O4S. The lowest BCUT2D eigenvalue weighted by molar-refractivity contribution is 0.150. The van der Waals surface area contributed by atoms with Crippen molar-refractivity contribution in [2.24, 2.45) is 0 Å². The summed E-state index contributed by atoms with van der Waals surface area (Å²) in [7, 11) is -3.84.